The van der Waals surface area contributed by atoms with E-state index in [-0.39, 0.29) is 18.3 Å². The van der Waals surface area contributed by atoms with Crippen LogP contribution in [0.3, 0.4) is 0 Å². The quantitative estimate of drug-likeness (QED) is 0.300. The molecule has 0 aliphatic carbocycles. The molecule has 0 aliphatic heterocycles. The summed E-state index contributed by atoms with van der Waals surface area (Å²) in [5.74, 6) is -0.618. The predicted octanol–water partition coefficient (Wildman–Crippen LogP) is 5.02. The second kappa shape index (κ2) is 9.51. The van der Waals surface area contributed by atoms with Crippen LogP contribution in [-0.4, -0.2) is 38.8 Å². The van der Waals surface area contributed by atoms with Gasteiger partial charge < -0.3 is 10.1 Å². The van der Waals surface area contributed by atoms with E-state index in [1.165, 1.54) is 23.1 Å². The van der Waals surface area contributed by atoms with Gasteiger partial charge >= 0.3 is 5.97 Å². The maximum Gasteiger partial charge on any atom is 0.350 e. The van der Waals surface area contributed by atoms with E-state index in [2.05, 4.69) is 15.5 Å². The zero-order valence-corrected chi connectivity index (χ0v) is 18.8. The van der Waals surface area contributed by atoms with Crippen molar-refractivity contribution in [3.05, 3.63) is 64.6 Å². The van der Waals surface area contributed by atoms with Gasteiger partial charge in [-0.05, 0) is 42.8 Å². The molecule has 31 heavy (non-hydrogen) atoms. The Morgan fingerprint density at radius 3 is 2.77 bits per heavy atom. The van der Waals surface area contributed by atoms with Crippen LogP contribution in [0.25, 0.3) is 16.1 Å². The van der Waals surface area contributed by atoms with Gasteiger partial charge in [0.05, 0.1) is 18.0 Å². The fourth-order valence-corrected chi connectivity index (χ4v) is 4.69. The molecule has 0 saturated carbocycles. The predicted molar refractivity (Wildman–Crippen MR) is 123 cm³/mol. The van der Waals surface area contributed by atoms with Gasteiger partial charge in [0, 0.05) is 16.1 Å². The van der Waals surface area contributed by atoms with Gasteiger partial charge in [0.1, 0.15) is 4.88 Å². The second-order valence-corrected chi connectivity index (χ2v) is 8.76. The summed E-state index contributed by atoms with van der Waals surface area (Å²) in [7, 11) is 0. The van der Waals surface area contributed by atoms with Crippen LogP contribution in [-0.2, 0) is 9.53 Å². The van der Waals surface area contributed by atoms with Crippen molar-refractivity contribution in [1.82, 2.24) is 14.6 Å². The summed E-state index contributed by atoms with van der Waals surface area (Å²) in [6.45, 7) is 1.99. The van der Waals surface area contributed by atoms with Crippen LogP contribution in [0.15, 0.2) is 59.9 Å². The molecule has 0 aliphatic rings. The molecule has 0 spiro atoms. The van der Waals surface area contributed by atoms with Crippen LogP contribution in [0.4, 0.5) is 5.69 Å². The number of thioether (sulfide) groups is 1. The largest absolute Gasteiger partial charge is 0.462 e. The molecule has 1 amide bonds. The molecule has 1 aromatic carbocycles. The van der Waals surface area contributed by atoms with Gasteiger partial charge in [-0.3, -0.25) is 9.20 Å². The summed E-state index contributed by atoms with van der Waals surface area (Å²) in [5, 5.41) is 12.2. The minimum atomic E-state index is -0.473. The smallest absolute Gasteiger partial charge is 0.350 e. The van der Waals surface area contributed by atoms with E-state index in [0.717, 1.165) is 10.4 Å². The summed E-state index contributed by atoms with van der Waals surface area (Å²) in [6, 6.07) is 14.6. The summed E-state index contributed by atoms with van der Waals surface area (Å²) in [5.41, 5.74) is 2.02. The lowest BCUT2D eigenvalue weighted by atomic mass is 10.2. The zero-order chi connectivity index (χ0) is 21.8. The van der Waals surface area contributed by atoms with E-state index >= 15 is 0 Å². The Kier molecular flexibility index (Phi) is 6.55. The monoisotopic (exact) mass is 472 g/mol. The third kappa shape index (κ3) is 4.90. The number of hydrogen-bond donors (Lipinski definition) is 1. The Morgan fingerprint density at radius 1 is 1.19 bits per heavy atom. The highest BCUT2D eigenvalue weighted by Crippen LogP contribution is 2.36. The minimum Gasteiger partial charge on any atom is -0.462 e. The molecule has 0 saturated heterocycles. The Hall–Kier alpha value is -2.88. The number of nitrogens with zero attached hydrogens (tertiary/aromatic N) is 3. The number of rotatable bonds is 7. The number of amides is 1. The number of thiophene rings is 1. The minimum absolute atomic E-state index is 0.115. The molecule has 0 unspecified atom stereocenters. The molecule has 4 rings (SSSR count). The van der Waals surface area contributed by atoms with Crippen molar-refractivity contribution in [1.29, 1.82) is 0 Å². The Morgan fingerprint density at radius 2 is 2.00 bits per heavy atom. The number of benzene rings is 1. The van der Waals surface area contributed by atoms with Crippen LogP contribution in [0, 0.1) is 0 Å². The maximum atomic E-state index is 12.6. The number of ether oxygens (including phenoxy) is 1. The number of carbonyl (C=O) groups excluding carboxylic acids is 2. The Bertz CT molecular complexity index is 1240. The number of halogens is 1. The summed E-state index contributed by atoms with van der Waals surface area (Å²) < 4.78 is 6.97. The first kappa shape index (κ1) is 21.4. The van der Waals surface area contributed by atoms with E-state index < -0.39 is 5.97 Å². The van der Waals surface area contributed by atoms with Crippen LogP contribution < -0.4 is 5.32 Å². The van der Waals surface area contributed by atoms with E-state index in [9.17, 15) is 9.59 Å². The fraction of sp³-hybridized carbons (Fsp3) is 0.143. The van der Waals surface area contributed by atoms with Crippen molar-refractivity contribution in [2.75, 3.05) is 17.7 Å². The van der Waals surface area contributed by atoms with Gasteiger partial charge in [-0.1, -0.05) is 41.6 Å². The van der Waals surface area contributed by atoms with E-state index in [0.29, 0.717) is 26.4 Å². The number of esters is 1. The third-order valence-electron chi connectivity index (χ3n) is 4.21. The molecule has 4 aromatic rings. The number of pyridine rings is 1. The molecule has 0 fully saturated rings. The fourth-order valence-electron chi connectivity index (χ4n) is 2.82. The normalized spacial score (nSPS) is 10.9. The third-order valence-corrected chi connectivity index (χ3v) is 6.57. The summed E-state index contributed by atoms with van der Waals surface area (Å²) >= 11 is 8.49. The van der Waals surface area contributed by atoms with Gasteiger partial charge in [-0.2, -0.15) is 0 Å². The van der Waals surface area contributed by atoms with Crippen molar-refractivity contribution in [3.8, 4) is 10.4 Å². The highest BCUT2D eigenvalue weighted by molar-refractivity contribution is 7.99. The van der Waals surface area contributed by atoms with Gasteiger partial charge in [0.2, 0.25) is 5.91 Å². The van der Waals surface area contributed by atoms with Gasteiger partial charge in [0.15, 0.2) is 10.8 Å². The van der Waals surface area contributed by atoms with Crippen LogP contribution in [0.1, 0.15) is 16.6 Å². The molecule has 158 valence electrons. The molecule has 3 aromatic heterocycles. The highest BCUT2D eigenvalue weighted by Gasteiger charge is 2.20. The van der Waals surface area contributed by atoms with Crippen LogP contribution >= 0.6 is 34.7 Å². The highest BCUT2D eigenvalue weighted by atomic mass is 35.5. The first-order valence-corrected chi connectivity index (χ1v) is 11.5. The number of carbonyl (C=O) groups is 2. The van der Waals surface area contributed by atoms with Crippen molar-refractivity contribution >= 4 is 57.9 Å². The van der Waals surface area contributed by atoms with Crippen LogP contribution in [0.5, 0.6) is 0 Å². The average molecular weight is 473 g/mol. The molecule has 0 radical (unpaired) electrons. The summed E-state index contributed by atoms with van der Waals surface area (Å²) in [4.78, 5) is 26.2. The van der Waals surface area contributed by atoms with Crippen molar-refractivity contribution in [2.24, 2.45) is 0 Å². The number of fused-ring (bicyclic) bond motifs is 1. The van der Waals surface area contributed by atoms with Gasteiger partial charge in [0.25, 0.3) is 0 Å². The van der Waals surface area contributed by atoms with Crippen molar-refractivity contribution < 1.29 is 14.3 Å². The van der Waals surface area contributed by atoms with Crippen molar-refractivity contribution in [3.63, 3.8) is 0 Å². The topological polar surface area (TPSA) is 85.6 Å². The first-order valence-electron chi connectivity index (χ1n) is 9.34. The van der Waals surface area contributed by atoms with Gasteiger partial charge in [-0.15, -0.1) is 21.5 Å². The number of aromatic nitrogens is 3. The maximum absolute atomic E-state index is 12.6. The average Bonchev–Trinajstić information content (AvgIpc) is 3.37. The van der Waals surface area contributed by atoms with E-state index in [4.69, 9.17) is 16.3 Å². The molecule has 10 heteroatoms. The Labute approximate surface area is 191 Å². The second-order valence-electron chi connectivity index (χ2n) is 6.33. The zero-order valence-electron chi connectivity index (χ0n) is 16.4. The van der Waals surface area contributed by atoms with Crippen molar-refractivity contribution in [2.45, 2.75) is 12.1 Å². The molecular formula is C21H17ClN4O3S2. The summed E-state index contributed by atoms with van der Waals surface area (Å²) in [6.07, 6.45) is 1.84. The SMILES string of the molecule is CCOC(=O)c1sc(-c2ccc(Cl)cc2)cc1NC(=O)CSc1nnc2ccccn12. The number of hydrogen-bond acceptors (Lipinski definition) is 7. The number of anilines is 1. The lowest BCUT2D eigenvalue weighted by Gasteiger charge is -2.05. The molecule has 7 nitrogen and oxygen atoms in total. The molecule has 0 bridgehead atoms. The Balaban J connectivity index is 1.52. The number of nitrogens with one attached hydrogen (secondary N) is 1. The molecular weight excluding hydrogens is 456 g/mol. The lowest BCUT2D eigenvalue weighted by molar-refractivity contribution is -0.113. The van der Waals surface area contributed by atoms with E-state index in [1.807, 2.05) is 40.9 Å². The van der Waals surface area contributed by atoms with Crippen LogP contribution in [0.2, 0.25) is 5.02 Å². The van der Waals surface area contributed by atoms with Gasteiger partial charge in [-0.25, -0.2) is 4.79 Å². The first-order chi connectivity index (χ1) is 15.0. The molecule has 1 N–H and O–H groups in total. The standard InChI is InChI=1S/C21H17ClN4O3S2/c1-2-29-20(28)19-15(11-16(31-19)13-6-8-14(22)9-7-13)23-18(27)12-30-21-25-24-17-5-3-4-10-26(17)21/h3-11H,2,12H2,1H3,(H,23,27). The molecule has 3 heterocycles. The lowest BCUT2D eigenvalue weighted by Crippen LogP contribution is -2.16. The van der Waals surface area contributed by atoms with E-state index in [1.54, 1.807) is 25.1 Å². The molecule has 0 atom stereocenters.